The van der Waals surface area contributed by atoms with Gasteiger partial charge < -0.3 is 20.9 Å². The van der Waals surface area contributed by atoms with Gasteiger partial charge in [-0.3, -0.25) is 0 Å². The molecule has 0 heterocycles. The normalized spacial score (nSPS) is 40.0. The van der Waals surface area contributed by atoms with Crippen molar-refractivity contribution in [3.8, 4) is 0 Å². The molecule has 4 N–H and O–H groups in total. The molecule has 6 heteroatoms. The summed E-state index contributed by atoms with van der Waals surface area (Å²) in [6.45, 7) is 3.76. The molecule has 0 radical (unpaired) electrons. The summed E-state index contributed by atoms with van der Waals surface area (Å²) in [6.07, 6.45) is 1.70. The largest absolute Gasteiger partial charge is 0.351 e. The predicted octanol–water partition coefficient (Wildman–Crippen LogP) is 1.50. The molecule has 1 rings (SSSR count). The first-order valence-corrected chi connectivity index (χ1v) is 5.82. The zero-order valence-electron chi connectivity index (χ0n) is 9.67. The summed E-state index contributed by atoms with van der Waals surface area (Å²) in [5, 5.41) is 0.353. The molecule has 0 fully saturated rings. The molecule has 0 saturated heterocycles. The number of rotatable bonds is 3. The fraction of sp³-hybridized carbons (Fsp3) is 0.800. The summed E-state index contributed by atoms with van der Waals surface area (Å²) in [6, 6.07) is -0.586. The number of nitrogens with two attached hydrogens (primary N) is 2. The average molecular weight is 269 g/mol. The van der Waals surface area contributed by atoms with Crippen molar-refractivity contribution in [2.45, 2.75) is 43.2 Å². The number of hydrogen-bond donors (Lipinski definition) is 2. The van der Waals surface area contributed by atoms with Crippen LogP contribution in [-0.4, -0.2) is 30.0 Å². The zero-order valence-corrected chi connectivity index (χ0v) is 11.2. The molecule has 0 aromatic heterocycles. The Bertz CT molecular complexity index is 295. The molecule has 0 saturated carbocycles. The number of alkyl halides is 1. The molecule has 0 bridgehead atoms. The molecule has 0 aromatic carbocycles. The minimum Gasteiger partial charge on any atom is -0.351 e. The minimum absolute atomic E-state index is 0.0685. The third kappa shape index (κ3) is 2.88. The SMILES string of the molecule is COC1(OC(C)C)CC(N)(Cl)C=C(Cl)C1N. The smallest absolute Gasteiger partial charge is 0.191 e. The predicted molar refractivity (Wildman–Crippen MR) is 65.3 cm³/mol. The maximum Gasteiger partial charge on any atom is 0.191 e. The van der Waals surface area contributed by atoms with Gasteiger partial charge in [0.25, 0.3) is 0 Å². The van der Waals surface area contributed by atoms with Crippen LogP contribution in [0.1, 0.15) is 20.3 Å². The lowest BCUT2D eigenvalue weighted by atomic mass is 9.91. The van der Waals surface area contributed by atoms with Crippen LogP contribution in [0, 0.1) is 0 Å². The highest BCUT2D eigenvalue weighted by Gasteiger charge is 2.49. The Balaban J connectivity index is 3.06. The van der Waals surface area contributed by atoms with Crippen LogP contribution in [0.2, 0.25) is 0 Å². The Kier molecular flexibility index (Phi) is 4.27. The van der Waals surface area contributed by atoms with E-state index in [9.17, 15) is 0 Å². The van der Waals surface area contributed by atoms with Crippen molar-refractivity contribution in [2.75, 3.05) is 7.11 Å². The second kappa shape index (κ2) is 4.80. The molecule has 3 atom stereocenters. The van der Waals surface area contributed by atoms with Crippen molar-refractivity contribution in [3.63, 3.8) is 0 Å². The number of hydrogen-bond acceptors (Lipinski definition) is 4. The maximum absolute atomic E-state index is 6.08. The summed E-state index contributed by atoms with van der Waals surface area (Å²) < 4.78 is 11.1. The van der Waals surface area contributed by atoms with Crippen LogP contribution in [0.3, 0.4) is 0 Å². The van der Waals surface area contributed by atoms with Gasteiger partial charge in [0.15, 0.2) is 5.79 Å². The molecular weight excluding hydrogens is 251 g/mol. The van der Waals surface area contributed by atoms with Crippen molar-refractivity contribution in [1.82, 2.24) is 0 Å². The summed E-state index contributed by atoms with van der Waals surface area (Å²) in [7, 11) is 1.50. The third-order valence-corrected chi connectivity index (χ3v) is 3.03. The lowest BCUT2D eigenvalue weighted by Crippen LogP contribution is -2.60. The van der Waals surface area contributed by atoms with E-state index in [1.807, 2.05) is 13.8 Å². The third-order valence-electron chi connectivity index (χ3n) is 2.45. The van der Waals surface area contributed by atoms with Gasteiger partial charge in [0.2, 0.25) is 0 Å². The van der Waals surface area contributed by atoms with Crippen LogP contribution in [-0.2, 0) is 9.47 Å². The second-order valence-electron chi connectivity index (χ2n) is 4.29. The number of halogens is 2. The van der Waals surface area contributed by atoms with Crippen molar-refractivity contribution < 1.29 is 9.47 Å². The number of methoxy groups -OCH3 is 1. The van der Waals surface area contributed by atoms with Gasteiger partial charge in [-0.05, 0) is 19.9 Å². The van der Waals surface area contributed by atoms with E-state index in [0.717, 1.165) is 0 Å². The van der Waals surface area contributed by atoms with Crippen molar-refractivity contribution >= 4 is 23.2 Å². The Hall–Kier alpha value is 0.160. The van der Waals surface area contributed by atoms with Crippen molar-refractivity contribution in [2.24, 2.45) is 11.5 Å². The maximum atomic E-state index is 6.08. The first kappa shape index (κ1) is 14.2. The molecular formula is C10H18Cl2N2O2. The first-order chi connectivity index (χ1) is 7.22. The Labute approximate surface area is 106 Å². The second-order valence-corrected chi connectivity index (χ2v) is 5.43. The first-order valence-electron chi connectivity index (χ1n) is 5.07. The quantitative estimate of drug-likeness (QED) is 0.463. The Morgan fingerprint density at radius 1 is 1.56 bits per heavy atom. The lowest BCUT2D eigenvalue weighted by Gasteiger charge is -2.44. The molecule has 0 aliphatic heterocycles. The monoisotopic (exact) mass is 268 g/mol. The van der Waals surface area contributed by atoms with E-state index in [-0.39, 0.29) is 12.5 Å². The van der Waals surface area contributed by atoms with Crippen LogP contribution in [0.4, 0.5) is 0 Å². The van der Waals surface area contributed by atoms with Gasteiger partial charge in [0, 0.05) is 18.6 Å². The molecule has 4 nitrogen and oxygen atoms in total. The minimum atomic E-state index is -1.10. The topological polar surface area (TPSA) is 70.5 Å². The zero-order chi connectivity index (χ0) is 12.6. The Morgan fingerprint density at radius 2 is 2.12 bits per heavy atom. The molecule has 0 aromatic rings. The standard InChI is InChI=1S/C10H18Cl2N2O2/c1-6(2)16-10(15-3)5-9(12,14)4-7(11)8(10)13/h4,6,8H,5,13-14H2,1-3H3. The van der Waals surface area contributed by atoms with E-state index >= 15 is 0 Å². The fourth-order valence-electron chi connectivity index (χ4n) is 1.83. The lowest BCUT2D eigenvalue weighted by molar-refractivity contribution is -0.254. The summed E-state index contributed by atoms with van der Waals surface area (Å²) in [4.78, 5) is -1.10. The highest BCUT2D eigenvalue weighted by atomic mass is 35.5. The van der Waals surface area contributed by atoms with Gasteiger partial charge in [0.1, 0.15) is 5.00 Å². The van der Waals surface area contributed by atoms with Gasteiger partial charge in [-0.2, -0.15) is 0 Å². The van der Waals surface area contributed by atoms with Gasteiger partial charge in [-0.1, -0.05) is 23.2 Å². The van der Waals surface area contributed by atoms with Crippen molar-refractivity contribution in [1.29, 1.82) is 0 Å². The molecule has 1 aliphatic carbocycles. The van der Waals surface area contributed by atoms with Crippen LogP contribution in [0.25, 0.3) is 0 Å². The molecule has 0 spiro atoms. The number of ether oxygens (including phenoxy) is 2. The summed E-state index contributed by atoms with van der Waals surface area (Å²) >= 11 is 12.1. The van der Waals surface area contributed by atoms with Gasteiger partial charge in [0.05, 0.1) is 12.1 Å². The van der Waals surface area contributed by atoms with Gasteiger partial charge >= 0.3 is 0 Å². The highest BCUT2D eigenvalue weighted by Crippen LogP contribution is 2.39. The van der Waals surface area contributed by atoms with Gasteiger partial charge in [-0.25, -0.2) is 0 Å². The van der Waals surface area contributed by atoms with E-state index in [1.54, 1.807) is 0 Å². The molecule has 16 heavy (non-hydrogen) atoms. The van der Waals surface area contributed by atoms with E-state index in [1.165, 1.54) is 13.2 Å². The van der Waals surface area contributed by atoms with E-state index < -0.39 is 16.8 Å². The van der Waals surface area contributed by atoms with Crippen LogP contribution in [0.5, 0.6) is 0 Å². The van der Waals surface area contributed by atoms with Gasteiger partial charge in [-0.15, -0.1) is 0 Å². The van der Waals surface area contributed by atoms with E-state index in [4.69, 9.17) is 44.1 Å². The van der Waals surface area contributed by atoms with Crippen LogP contribution in [0.15, 0.2) is 11.1 Å². The van der Waals surface area contributed by atoms with Crippen LogP contribution >= 0.6 is 23.2 Å². The summed E-state index contributed by atoms with van der Waals surface area (Å²) in [5.41, 5.74) is 11.8. The van der Waals surface area contributed by atoms with Crippen LogP contribution < -0.4 is 11.5 Å². The van der Waals surface area contributed by atoms with Crippen molar-refractivity contribution in [3.05, 3.63) is 11.1 Å². The fourth-order valence-corrected chi connectivity index (χ4v) is 2.55. The summed E-state index contributed by atoms with van der Waals surface area (Å²) in [5.74, 6) is -1.07. The Morgan fingerprint density at radius 3 is 2.56 bits per heavy atom. The average Bonchev–Trinajstić information content (AvgIpc) is 2.11. The van der Waals surface area contributed by atoms with E-state index in [0.29, 0.717) is 5.03 Å². The molecule has 1 aliphatic rings. The molecule has 3 unspecified atom stereocenters. The molecule has 0 amide bonds. The van der Waals surface area contributed by atoms with E-state index in [2.05, 4.69) is 0 Å². The molecule has 94 valence electrons. The highest BCUT2D eigenvalue weighted by molar-refractivity contribution is 6.32.